The van der Waals surface area contributed by atoms with E-state index in [0.29, 0.717) is 6.04 Å². The zero-order valence-electron chi connectivity index (χ0n) is 13.1. The van der Waals surface area contributed by atoms with Crippen LogP contribution in [0.1, 0.15) is 49.8 Å². The van der Waals surface area contributed by atoms with Gasteiger partial charge in [-0.15, -0.1) is 6.58 Å². The minimum absolute atomic E-state index is 0.568. The van der Waals surface area contributed by atoms with Crippen molar-refractivity contribution in [2.45, 2.75) is 59.4 Å². The zero-order valence-corrected chi connectivity index (χ0v) is 13.1. The molecule has 0 bridgehead atoms. The Kier molecular flexibility index (Phi) is 6.86. The van der Waals surface area contributed by atoms with Crippen molar-refractivity contribution in [3.05, 3.63) is 47.0 Å². The van der Waals surface area contributed by atoms with Gasteiger partial charge in [-0.05, 0) is 69.7 Å². The first-order chi connectivity index (χ1) is 9.02. The fourth-order valence-electron chi connectivity index (χ4n) is 2.26. The van der Waals surface area contributed by atoms with Crippen LogP contribution in [0, 0.1) is 13.8 Å². The number of hydrogen-bond acceptors (Lipinski definition) is 1. The molecule has 0 saturated carbocycles. The number of benzene rings is 1. The molecule has 0 aliphatic carbocycles. The molecule has 1 aromatic rings. The van der Waals surface area contributed by atoms with Gasteiger partial charge in [0.1, 0.15) is 0 Å². The Balaban J connectivity index is 2.63. The Morgan fingerprint density at radius 1 is 1.26 bits per heavy atom. The second kappa shape index (κ2) is 8.16. The van der Waals surface area contributed by atoms with Crippen LogP contribution >= 0.6 is 0 Å². The van der Waals surface area contributed by atoms with Gasteiger partial charge in [0, 0.05) is 6.04 Å². The molecular weight excluding hydrogens is 230 g/mol. The van der Waals surface area contributed by atoms with E-state index in [1.807, 2.05) is 0 Å². The van der Waals surface area contributed by atoms with E-state index in [0.717, 1.165) is 19.4 Å². The molecule has 0 radical (unpaired) electrons. The molecule has 19 heavy (non-hydrogen) atoms. The summed E-state index contributed by atoms with van der Waals surface area (Å²) in [6, 6.07) is 7.40. The fraction of sp³-hybridized carbons (Fsp3) is 0.556. The van der Waals surface area contributed by atoms with Gasteiger partial charge >= 0.3 is 0 Å². The highest BCUT2D eigenvalue weighted by atomic mass is 14.9. The average molecular weight is 259 g/mol. The molecule has 0 saturated heterocycles. The van der Waals surface area contributed by atoms with Crippen molar-refractivity contribution in [2.75, 3.05) is 6.54 Å². The van der Waals surface area contributed by atoms with Crippen LogP contribution in [0.25, 0.3) is 0 Å². The highest BCUT2D eigenvalue weighted by Gasteiger charge is 2.09. The Morgan fingerprint density at radius 2 is 2.00 bits per heavy atom. The lowest BCUT2D eigenvalue weighted by Crippen LogP contribution is -2.31. The first kappa shape index (κ1) is 16.0. The molecule has 0 fully saturated rings. The topological polar surface area (TPSA) is 12.0 Å². The van der Waals surface area contributed by atoms with Gasteiger partial charge in [-0.3, -0.25) is 0 Å². The largest absolute Gasteiger partial charge is 0.314 e. The molecule has 1 unspecified atom stereocenters. The predicted molar refractivity (Wildman–Crippen MR) is 85.7 cm³/mol. The Bertz CT molecular complexity index is 406. The van der Waals surface area contributed by atoms with E-state index in [1.165, 1.54) is 35.1 Å². The lowest BCUT2D eigenvalue weighted by atomic mass is 9.97. The Morgan fingerprint density at radius 3 is 2.58 bits per heavy atom. The van der Waals surface area contributed by atoms with E-state index in [2.05, 4.69) is 57.8 Å². The van der Waals surface area contributed by atoms with Crippen LogP contribution in [0.4, 0.5) is 0 Å². The van der Waals surface area contributed by atoms with Crippen molar-refractivity contribution < 1.29 is 0 Å². The van der Waals surface area contributed by atoms with Gasteiger partial charge in [0.05, 0.1) is 0 Å². The van der Waals surface area contributed by atoms with E-state index in [1.54, 1.807) is 0 Å². The third-order valence-electron chi connectivity index (χ3n) is 3.66. The Labute approximate surface area is 119 Å². The van der Waals surface area contributed by atoms with Gasteiger partial charge in [0.15, 0.2) is 0 Å². The Hall–Kier alpha value is -1.08. The maximum Gasteiger partial charge on any atom is 0.0110 e. The third kappa shape index (κ3) is 6.07. The molecule has 1 nitrogen and oxygen atoms in total. The third-order valence-corrected chi connectivity index (χ3v) is 3.66. The summed E-state index contributed by atoms with van der Waals surface area (Å²) in [5.41, 5.74) is 5.50. The van der Waals surface area contributed by atoms with Crippen molar-refractivity contribution in [1.29, 1.82) is 0 Å². The zero-order chi connectivity index (χ0) is 14.3. The highest BCUT2D eigenvalue weighted by molar-refractivity contribution is 5.30. The number of allylic oxidation sites excluding steroid dienone is 1. The minimum Gasteiger partial charge on any atom is -0.314 e. The smallest absolute Gasteiger partial charge is 0.0110 e. The molecule has 1 aromatic carbocycles. The summed E-state index contributed by atoms with van der Waals surface area (Å²) in [4.78, 5) is 0. The first-order valence-electron chi connectivity index (χ1n) is 7.46. The van der Waals surface area contributed by atoms with Crippen molar-refractivity contribution >= 4 is 0 Å². The fourth-order valence-corrected chi connectivity index (χ4v) is 2.26. The molecule has 0 aliphatic rings. The van der Waals surface area contributed by atoms with Crippen LogP contribution in [0.2, 0.25) is 0 Å². The van der Waals surface area contributed by atoms with Crippen LogP contribution in [-0.2, 0) is 6.42 Å². The summed E-state index contributed by atoms with van der Waals surface area (Å²) in [5, 5.41) is 3.67. The summed E-state index contributed by atoms with van der Waals surface area (Å²) in [5.74, 6) is 0. The van der Waals surface area contributed by atoms with Crippen LogP contribution in [-0.4, -0.2) is 12.6 Å². The quantitative estimate of drug-likeness (QED) is 0.674. The van der Waals surface area contributed by atoms with Gasteiger partial charge in [-0.2, -0.15) is 0 Å². The molecule has 0 amide bonds. The standard InChI is InChI=1S/C18H29N/c1-6-11-19-18(10-7-14(2)3)13-17-9-8-15(4)16(5)12-17/h8-9,12,18-19H,2,6-7,10-11,13H2,1,3-5H3. The number of hydrogen-bond donors (Lipinski definition) is 1. The minimum atomic E-state index is 0.568. The molecule has 0 heterocycles. The van der Waals surface area contributed by atoms with Gasteiger partial charge in [0.25, 0.3) is 0 Å². The maximum absolute atomic E-state index is 4.01. The highest BCUT2D eigenvalue weighted by Crippen LogP contribution is 2.14. The summed E-state index contributed by atoms with van der Waals surface area (Å²) in [6.45, 7) is 13.8. The first-order valence-corrected chi connectivity index (χ1v) is 7.46. The van der Waals surface area contributed by atoms with E-state index in [9.17, 15) is 0 Å². The summed E-state index contributed by atoms with van der Waals surface area (Å²) in [7, 11) is 0. The SMILES string of the molecule is C=C(C)CCC(Cc1ccc(C)c(C)c1)NCCC. The summed E-state index contributed by atoms with van der Waals surface area (Å²) >= 11 is 0. The molecule has 106 valence electrons. The van der Waals surface area contributed by atoms with Crippen molar-refractivity contribution in [3.8, 4) is 0 Å². The molecule has 0 spiro atoms. The van der Waals surface area contributed by atoms with Gasteiger partial charge < -0.3 is 5.32 Å². The van der Waals surface area contributed by atoms with Gasteiger partial charge in [-0.1, -0.05) is 30.7 Å². The molecule has 0 aromatic heterocycles. The summed E-state index contributed by atoms with van der Waals surface area (Å²) < 4.78 is 0. The molecule has 1 atom stereocenters. The van der Waals surface area contributed by atoms with Crippen LogP contribution in [0.3, 0.4) is 0 Å². The molecule has 1 rings (SSSR count). The molecule has 0 aliphatic heterocycles. The summed E-state index contributed by atoms with van der Waals surface area (Å²) in [6.07, 6.45) is 4.61. The van der Waals surface area contributed by atoms with Crippen molar-refractivity contribution in [1.82, 2.24) is 5.32 Å². The van der Waals surface area contributed by atoms with Crippen LogP contribution in [0.5, 0.6) is 0 Å². The van der Waals surface area contributed by atoms with Gasteiger partial charge in [-0.25, -0.2) is 0 Å². The molecular formula is C18H29N. The number of nitrogens with one attached hydrogen (secondary N) is 1. The van der Waals surface area contributed by atoms with Gasteiger partial charge in [0.2, 0.25) is 0 Å². The maximum atomic E-state index is 4.01. The van der Waals surface area contributed by atoms with Crippen molar-refractivity contribution in [2.24, 2.45) is 0 Å². The second-order valence-electron chi connectivity index (χ2n) is 5.77. The monoisotopic (exact) mass is 259 g/mol. The average Bonchev–Trinajstić information content (AvgIpc) is 2.37. The van der Waals surface area contributed by atoms with Crippen molar-refractivity contribution in [3.63, 3.8) is 0 Å². The van der Waals surface area contributed by atoms with Crippen LogP contribution in [0.15, 0.2) is 30.4 Å². The molecule has 1 heteroatoms. The van der Waals surface area contributed by atoms with Crippen LogP contribution < -0.4 is 5.32 Å². The second-order valence-corrected chi connectivity index (χ2v) is 5.77. The normalized spacial score (nSPS) is 12.4. The van der Waals surface area contributed by atoms with E-state index < -0.39 is 0 Å². The van der Waals surface area contributed by atoms with E-state index >= 15 is 0 Å². The number of rotatable bonds is 8. The molecule has 1 N–H and O–H groups in total. The van der Waals surface area contributed by atoms with E-state index in [-0.39, 0.29) is 0 Å². The number of aryl methyl sites for hydroxylation is 2. The lowest BCUT2D eigenvalue weighted by Gasteiger charge is -2.19. The predicted octanol–water partition coefficient (Wildman–Crippen LogP) is 4.57. The van der Waals surface area contributed by atoms with E-state index in [4.69, 9.17) is 0 Å². The lowest BCUT2D eigenvalue weighted by molar-refractivity contribution is 0.477.